The van der Waals surface area contributed by atoms with E-state index in [0.717, 1.165) is 18.2 Å². The number of halogens is 1. The smallest absolute Gasteiger partial charge is 0.294 e. The molecular formula is C12H9ClO5S2. The minimum atomic E-state index is -4.41. The van der Waals surface area contributed by atoms with Crippen LogP contribution in [0.3, 0.4) is 0 Å². The number of rotatable bonds is 3. The molecule has 0 spiro atoms. The summed E-state index contributed by atoms with van der Waals surface area (Å²) in [5, 5.41) is 0.298. The Morgan fingerprint density at radius 1 is 1.05 bits per heavy atom. The summed E-state index contributed by atoms with van der Waals surface area (Å²) < 4.78 is 52.0. The van der Waals surface area contributed by atoms with Gasteiger partial charge < -0.3 is 4.55 Å². The van der Waals surface area contributed by atoms with Crippen LogP contribution in [0.15, 0.2) is 52.3 Å². The van der Waals surface area contributed by atoms with Gasteiger partial charge in [-0.3, -0.25) is 4.55 Å². The Hall–Kier alpha value is -1.25. The van der Waals surface area contributed by atoms with Crippen molar-refractivity contribution in [3.05, 3.63) is 47.5 Å². The first-order valence-corrected chi connectivity index (χ1v) is 8.20. The molecule has 5 nitrogen and oxygen atoms in total. The van der Waals surface area contributed by atoms with E-state index in [4.69, 9.17) is 16.2 Å². The van der Waals surface area contributed by atoms with Gasteiger partial charge in [0.2, 0.25) is 0 Å². The van der Waals surface area contributed by atoms with Crippen LogP contribution in [0.1, 0.15) is 0 Å². The average molecular weight is 333 g/mol. The Morgan fingerprint density at radius 2 is 1.70 bits per heavy atom. The van der Waals surface area contributed by atoms with Crippen molar-refractivity contribution in [2.45, 2.75) is 9.79 Å². The van der Waals surface area contributed by atoms with Gasteiger partial charge in [-0.05, 0) is 24.3 Å². The van der Waals surface area contributed by atoms with Gasteiger partial charge in [0.1, 0.15) is 0 Å². The maximum Gasteiger partial charge on any atom is 0.294 e. The molecule has 106 valence electrons. The molecule has 0 aromatic heterocycles. The van der Waals surface area contributed by atoms with Crippen LogP contribution in [-0.4, -0.2) is 21.7 Å². The van der Waals surface area contributed by atoms with Crippen LogP contribution >= 0.6 is 11.6 Å². The van der Waals surface area contributed by atoms with E-state index in [2.05, 4.69) is 0 Å². The van der Waals surface area contributed by atoms with Crippen LogP contribution in [0.4, 0.5) is 0 Å². The van der Waals surface area contributed by atoms with Gasteiger partial charge in [-0.15, -0.1) is 0 Å². The molecule has 0 bridgehead atoms. The normalized spacial score (nSPS) is 13.2. The predicted octanol–water partition coefficient (Wildman–Crippen LogP) is 2.83. The average Bonchev–Trinajstić information content (AvgIpc) is 2.37. The standard InChI is InChI=1S/C12H9ClO5S2/c13-11-4-2-1-3-9(11)10-7-8(20(16,17)18)5-6-12(10)19(14)15/h1-7H,(H,14,15)(H,16,17,18). The molecule has 0 aliphatic rings. The quantitative estimate of drug-likeness (QED) is 0.666. The molecule has 2 rings (SSSR count). The first kappa shape index (κ1) is 15.1. The monoisotopic (exact) mass is 332 g/mol. The Labute approximate surface area is 123 Å². The molecule has 2 N–H and O–H groups in total. The van der Waals surface area contributed by atoms with E-state index >= 15 is 0 Å². The Morgan fingerprint density at radius 3 is 2.25 bits per heavy atom. The van der Waals surface area contributed by atoms with Crippen molar-refractivity contribution < 1.29 is 21.7 Å². The molecule has 0 aliphatic carbocycles. The Kier molecular flexibility index (Phi) is 4.26. The third-order valence-corrected chi connectivity index (χ3v) is 4.51. The molecular weight excluding hydrogens is 324 g/mol. The number of hydrogen-bond donors (Lipinski definition) is 2. The van der Waals surface area contributed by atoms with Crippen molar-refractivity contribution in [3.8, 4) is 11.1 Å². The highest BCUT2D eigenvalue weighted by molar-refractivity contribution is 7.85. The van der Waals surface area contributed by atoms with Crippen LogP contribution in [0.5, 0.6) is 0 Å². The molecule has 0 amide bonds. The van der Waals surface area contributed by atoms with Crippen LogP contribution in [-0.2, 0) is 21.2 Å². The maximum atomic E-state index is 11.3. The zero-order valence-corrected chi connectivity index (χ0v) is 12.2. The van der Waals surface area contributed by atoms with E-state index in [1.54, 1.807) is 24.3 Å². The van der Waals surface area contributed by atoms with Crippen molar-refractivity contribution in [1.82, 2.24) is 0 Å². The summed E-state index contributed by atoms with van der Waals surface area (Å²) in [6.45, 7) is 0. The van der Waals surface area contributed by atoms with Gasteiger partial charge in [-0.2, -0.15) is 8.42 Å². The van der Waals surface area contributed by atoms with Crippen LogP contribution in [0.25, 0.3) is 11.1 Å². The van der Waals surface area contributed by atoms with Crippen molar-refractivity contribution in [1.29, 1.82) is 0 Å². The van der Waals surface area contributed by atoms with Gasteiger partial charge >= 0.3 is 0 Å². The number of hydrogen-bond acceptors (Lipinski definition) is 3. The lowest BCUT2D eigenvalue weighted by atomic mass is 10.1. The van der Waals surface area contributed by atoms with Crippen molar-refractivity contribution in [2.24, 2.45) is 0 Å². The second-order valence-corrected chi connectivity index (χ2v) is 6.63. The van der Waals surface area contributed by atoms with Crippen LogP contribution in [0.2, 0.25) is 5.02 Å². The highest BCUT2D eigenvalue weighted by Crippen LogP contribution is 2.33. The minimum absolute atomic E-state index is 0.00509. The molecule has 0 saturated carbocycles. The fourth-order valence-electron chi connectivity index (χ4n) is 1.71. The molecule has 1 atom stereocenters. The molecule has 8 heteroatoms. The molecule has 2 aromatic carbocycles. The fraction of sp³-hybridized carbons (Fsp3) is 0. The second kappa shape index (κ2) is 5.63. The van der Waals surface area contributed by atoms with E-state index in [0.29, 0.717) is 10.6 Å². The summed E-state index contributed by atoms with van der Waals surface area (Å²) in [5.74, 6) is 0. The lowest BCUT2D eigenvalue weighted by molar-refractivity contribution is 0.483. The van der Waals surface area contributed by atoms with Gasteiger partial charge in [-0.1, -0.05) is 29.8 Å². The van der Waals surface area contributed by atoms with Gasteiger partial charge in [0.25, 0.3) is 10.1 Å². The Bertz CT molecular complexity index is 786. The van der Waals surface area contributed by atoms with Crippen LogP contribution in [0, 0.1) is 0 Å². The van der Waals surface area contributed by atoms with E-state index in [1.807, 2.05) is 0 Å². The van der Waals surface area contributed by atoms with E-state index in [1.165, 1.54) is 0 Å². The summed E-state index contributed by atoms with van der Waals surface area (Å²) in [6.07, 6.45) is 0. The molecule has 0 radical (unpaired) electrons. The second-order valence-electron chi connectivity index (χ2n) is 3.86. The highest BCUT2D eigenvalue weighted by Gasteiger charge is 2.17. The van der Waals surface area contributed by atoms with Crippen molar-refractivity contribution >= 4 is 32.8 Å². The van der Waals surface area contributed by atoms with Crippen molar-refractivity contribution in [3.63, 3.8) is 0 Å². The van der Waals surface area contributed by atoms with Gasteiger partial charge in [0, 0.05) is 16.1 Å². The lowest BCUT2D eigenvalue weighted by Crippen LogP contribution is -2.01. The van der Waals surface area contributed by atoms with E-state index < -0.39 is 21.2 Å². The third kappa shape index (κ3) is 3.08. The lowest BCUT2D eigenvalue weighted by Gasteiger charge is -2.10. The van der Waals surface area contributed by atoms with Gasteiger partial charge in [-0.25, -0.2) is 4.21 Å². The zero-order valence-electron chi connectivity index (χ0n) is 9.86. The molecule has 0 aliphatic heterocycles. The SMILES string of the molecule is O=S(O)c1ccc(S(=O)(=O)O)cc1-c1ccccc1Cl. The summed E-state index contributed by atoms with van der Waals surface area (Å²) in [4.78, 5) is -0.368. The fourth-order valence-corrected chi connectivity index (χ4v) is 3.00. The molecule has 0 fully saturated rings. The maximum absolute atomic E-state index is 11.3. The molecule has 1 unspecified atom stereocenters. The van der Waals surface area contributed by atoms with Crippen molar-refractivity contribution in [2.75, 3.05) is 0 Å². The van der Waals surface area contributed by atoms with Gasteiger partial charge in [0.15, 0.2) is 11.1 Å². The summed E-state index contributed by atoms with van der Waals surface area (Å²) in [6, 6.07) is 9.82. The zero-order chi connectivity index (χ0) is 14.9. The Balaban J connectivity index is 2.78. The highest BCUT2D eigenvalue weighted by atomic mass is 35.5. The minimum Gasteiger partial charge on any atom is -0.302 e. The largest absolute Gasteiger partial charge is 0.302 e. The summed E-state index contributed by atoms with van der Waals surface area (Å²) in [5.41, 5.74) is 0.573. The van der Waals surface area contributed by atoms with Crippen LogP contribution < -0.4 is 0 Å². The first-order chi connectivity index (χ1) is 9.30. The number of benzene rings is 2. The third-order valence-electron chi connectivity index (χ3n) is 2.60. The van der Waals surface area contributed by atoms with Gasteiger partial charge in [0.05, 0.1) is 9.79 Å². The first-order valence-electron chi connectivity index (χ1n) is 5.28. The summed E-state index contributed by atoms with van der Waals surface area (Å²) in [7, 11) is -4.41. The summed E-state index contributed by atoms with van der Waals surface area (Å²) >= 11 is 3.69. The van der Waals surface area contributed by atoms with E-state index in [9.17, 15) is 17.2 Å². The molecule has 0 heterocycles. The molecule has 20 heavy (non-hydrogen) atoms. The molecule has 0 saturated heterocycles. The van der Waals surface area contributed by atoms with E-state index in [-0.39, 0.29) is 15.4 Å². The molecule has 2 aromatic rings. The topological polar surface area (TPSA) is 91.7 Å². The predicted molar refractivity (Wildman–Crippen MR) is 75.7 cm³/mol.